The zero-order valence-corrected chi connectivity index (χ0v) is 18.0. The number of hydrogen-bond acceptors (Lipinski definition) is 4. The molecular formula is C25H30N4O2. The molecule has 1 atom stereocenters. The molecule has 1 aliphatic rings. The van der Waals surface area contributed by atoms with Crippen LogP contribution in [0, 0.1) is 0 Å². The Bertz CT molecular complexity index is 986. The zero-order chi connectivity index (χ0) is 21.5. The zero-order valence-electron chi connectivity index (χ0n) is 18.0. The number of nitrogens with one attached hydrogen (secondary N) is 2. The van der Waals surface area contributed by atoms with Gasteiger partial charge < -0.3 is 10.1 Å². The summed E-state index contributed by atoms with van der Waals surface area (Å²) >= 11 is 0. The Labute approximate surface area is 183 Å². The number of aromatic nitrogens is 2. The van der Waals surface area contributed by atoms with Gasteiger partial charge in [0.05, 0.1) is 19.0 Å². The highest BCUT2D eigenvalue weighted by atomic mass is 16.5. The molecule has 162 valence electrons. The molecule has 6 heteroatoms. The summed E-state index contributed by atoms with van der Waals surface area (Å²) in [6.45, 7) is 2.40. The number of nitrogens with zero attached hydrogens (tertiary/aromatic N) is 2. The Morgan fingerprint density at radius 2 is 1.87 bits per heavy atom. The predicted molar refractivity (Wildman–Crippen MR) is 122 cm³/mol. The molecule has 1 unspecified atom stereocenters. The van der Waals surface area contributed by atoms with Crippen LogP contribution < -0.4 is 10.1 Å². The monoisotopic (exact) mass is 418 g/mol. The van der Waals surface area contributed by atoms with Gasteiger partial charge in [0, 0.05) is 36.7 Å². The molecule has 0 bridgehead atoms. The van der Waals surface area contributed by atoms with E-state index in [0.29, 0.717) is 13.0 Å². The van der Waals surface area contributed by atoms with E-state index in [4.69, 9.17) is 4.74 Å². The molecule has 1 saturated heterocycles. The number of aromatic amines is 1. The van der Waals surface area contributed by atoms with Crippen molar-refractivity contribution >= 4 is 5.91 Å². The maximum absolute atomic E-state index is 12.6. The molecular weight excluding hydrogens is 388 g/mol. The van der Waals surface area contributed by atoms with Crippen LogP contribution >= 0.6 is 0 Å². The van der Waals surface area contributed by atoms with Gasteiger partial charge in [0.15, 0.2) is 0 Å². The van der Waals surface area contributed by atoms with Crippen molar-refractivity contribution in [3.8, 4) is 17.0 Å². The molecule has 0 aliphatic carbocycles. The fraction of sp³-hybridized carbons (Fsp3) is 0.360. The van der Waals surface area contributed by atoms with Crippen molar-refractivity contribution < 1.29 is 9.53 Å². The molecule has 3 aromatic rings. The van der Waals surface area contributed by atoms with Crippen molar-refractivity contribution in [3.63, 3.8) is 0 Å². The normalized spacial score (nSPS) is 18.4. The number of methoxy groups -OCH3 is 1. The third-order valence-corrected chi connectivity index (χ3v) is 5.92. The van der Waals surface area contributed by atoms with Crippen molar-refractivity contribution in [3.05, 3.63) is 71.9 Å². The minimum atomic E-state index is 0.0136. The number of hydrogen-bond donors (Lipinski definition) is 2. The average molecular weight is 419 g/mol. The highest BCUT2D eigenvalue weighted by Crippen LogP contribution is 2.33. The highest BCUT2D eigenvalue weighted by molar-refractivity contribution is 5.76. The van der Waals surface area contributed by atoms with E-state index in [1.54, 1.807) is 7.11 Å². The first-order valence-electron chi connectivity index (χ1n) is 11.0. The average Bonchev–Trinajstić information content (AvgIpc) is 3.27. The van der Waals surface area contributed by atoms with Gasteiger partial charge in [-0.2, -0.15) is 5.10 Å². The van der Waals surface area contributed by atoms with E-state index in [0.717, 1.165) is 54.9 Å². The third kappa shape index (κ3) is 5.14. The van der Waals surface area contributed by atoms with Gasteiger partial charge in [0.25, 0.3) is 0 Å². The van der Waals surface area contributed by atoms with Gasteiger partial charge in [-0.1, -0.05) is 48.9 Å². The predicted octanol–water partition coefficient (Wildman–Crippen LogP) is 4.32. The summed E-state index contributed by atoms with van der Waals surface area (Å²) in [5, 5.41) is 10.6. The Morgan fingerprint density at radius 1 is 1.06 bits per heavy atom. The molecule has 2 N–H and O–H groups in total. The van der Waals surface area contributed by atoms with Crippen molar-refractivity contribution in [2.45, 2.75) is 38.3 Å². The summed E-state index contributed by atoms with van der Waals surface area (Å²) in [6.07, 6.45) is 5.56. The number of rotatable bonds is 5. The van der Waals surface area contributed by atoms with Crippen LogP contribution in [0.1, 0.15) is 42.9 Å². The smallest absolute Gasteiger partial charge is 0.221 e. The number of H-pyrrole nitrogens is 1. The first-order valence-corrected chi connectivity index (χ1v) is 11.0. The molecule has 1 aromatic heterocycles. The Hall–Kier alpha value is -3.12. The van der Waals surface area contributed by atoms with E-state index >= 15 is 0 Å². The van der Waals surface area contributed by atoms with Crippen LogP contribution in [0.15, 0.2) is 60.8 Å². The molecule has 2 aromatic carbocycles. The second kappa shape index (κ2) is 10.3. The molecule has 2 heterocycles. The van der Waals surface area contributed by atoms with E-state index < -0.39 is 0 Å². The first-order chi connectivity index (χ1) is 15.3. The van der Waals surface area contributed by atoms with Crippen LogP contribution in [0.25, 0.3) is 11.3 Å². The van der Waals surface area contributed by atoms with Gasteiger partial charge in [-0.3, -0.25) is 14.8 Å². The minimum Gasteiger partial charge on any atom is -0.496 e. The molecule has 1 aliphatic heterocycles. The fourth-order valence-corrected chi connectivity index (χ4v) is 4.30. The summed E-state index contributed by atoms with van der Waals surface area (Å²) < 4.78 is 5.57. The van der Waals surface area contributed by atoms with E-state index in [9.17, 15) is 4.79 Å². The topological polar surface area (TPSA) is 70.2 Å². The number of ether oxygens (including phenoxy) is 1. The lowest BCUT2D eigenvalue weighted by atomic mass is 9.98. The number of carbonyl (C=O) groups is 1. The lowest BCUT2D eigenvalue weighted by Crippen LogP contribution is -2.36. The first kappa shape index (κ1) is 21.1. The van der Waals surface area contributed by atoms with Crippen LogP contribution in [-0.4, -0.2) is 41.2 Å². The van der Waals surface area contributed by atoms with Crippen LogP contribution in [0.2, 0.25) is 0 Å². The molecule has 1 fully saturated rings. The summed E-state index contributed by atoms with van der Waals surface area (Å²) in [6, 6.07) is 18.3. The standard InChI is InChI=1S/C25H30N4O2/c1-31-23-13-7-6-12-21(23)25-20(17-27-28-25)18-29-15-9-3-8-14-26-24(30)16-22(29)19-10-4-2-5-11-19/h2,4-7,10-13,17,22H,3,8-9,14-16,18H2,1H3,(H,26,30)(H,27,28). The molecule has 0 spiro atoms. The molecule has 31 heavy (non-hydrogen) atoms. The number of carbonyl (C=O) groups excluding carboxylic acids is 1. The van der Waals surface area contributed by atoms with Gasteiger partial charge in [-0.25, -0.2) is 0 Å². The number of benzene rings is 2. The van der Waals surface area contributed by atoms with Crippen LogP contribution in [0.4, 0.5) is 0 Å². The Morgan fingerprint density at radius 3 is 2.71 bits per heavy atom. The largest absolute Gasteiger partial charge is 0.496 e. The number of para-hydroxylation sites is 1. The maximum Gasteiger partial charge on any atom is 0.221 e. The Balaban J connectivity index is 1.67. The van der Waals surface area contributed by atoms with Crippen molar-refractivity contribution in [2.75, 3.05) is 20.2 Å². The molecule has 0 saturated carbocycles. The molecule has 1 amide bonds. The number of amides is 1. The van der Waals surface area contributed by atoms with E-state index in [2.05, 4.69) is 32.5 Å². The summed E-state index contributed by atoms with van der Waals surface area (Å²) in [5.41, 5.74) is 4.22. The fourth-order valence-electron chi connectivity index (χ4n) is 4.30. The quantitative estimate of drug-likeness (QED) is 0.647. The molecule has 0 radical (unpaired) electrons. The van der Waals surface area contributed by atoms with E-state index in [1.807, 2.05) is 48.7 Å². The van der Waals surface area contributed by atoms with Gasteiger partial charge in [0.2, 0.25) is 5.91 Å². The van der Waals surface area contributed by atoms with Gasteiger partial charge in [-0.05, 0) is 37.1 Å². The molecule has 4 rings (SSSR count). The lowest BCUT2D eigenvalue weighted by Gasteiger charge is -2.33. The molecule has 6 nitrogen and oxygen atoms in total. The maximum atomic E-state index is 12.6. The van der Waals surface area contributed by atoms with Crippen LogP contribution in [-0.2, 0) is 11.3 Å². The van der Waals surface area contributed by atoms with E-state index in [1.165, 1.54) is 5.56 Å². The van der Waals surface area contributed by atoms with Crippen LogP contribution in [0.5, 0.6) is 5.75 Å². The van der Waals surface area contributed by atoms with Gasteiger partial charge >= 0.3 is 0 Å². The summed E-state index contributed by atoms with van der Waals surface area (Å²) in [5.74, 6) is 0.922. The van der Waals surface area contributed by atoms with Crippen molar-refractivity contribution in [1.82, 2.24) is 20.4 Å². The lowest BCUT2D eigenvalue weighted by molar-refractivity contribution is -0.122. The third-order valence-electron chi connectivity index (χ3n) is 5.92. The van der Waals surface area contributed by atoms with E-state index in [-0.39, 0.29) is 11.9 Å². The minimum absolute atomic E-state index is 0.0136. The summed E-state index contributed by atoms with van der Waals surface area (Å²) in [4.78, 5) is 15.1. The van der Waals surface area contributed by atoms with Gasteiger partial charge in [0.1, 0.15) is 5.75 Å². The van der Waals surface area contributed by atoms with Crippen molar-refractivity contribution in [1.29, 1.82) is 0 Å². The highest BCUT2D eigenvalue weighted by Gasteiger charge is 2.25. The van der Waals surface area contributed by atoms with Gasteiger partial charge in [-0.15, -0.1) is 0 Å². The second-order valence-corrected chi connectivity index (χ2v) is 7.98. The van der Waals surface area contributed by atoms with Crippen molar-refractivity contribution in [2.24, 2.45) is 0 Å². The summed E-state index contributed by atoms with van der Waals surface area (Å²) in [7, 11) is 1.68. The SMILES string of the molecule is COc1ccccc1-c1[nH]ncc1CN1CCCCCNC(=O)CC1c1ccccc1. The van der Waals surface area contributed by atoms with Crippen LogP contribution in [0.3, 0.4) is 0 Å². The Kier molecular flexibility index (Phi) is 6.99. The second-order valence-electron chi connectivity index (χ2n) is 7.98.